The van der Waals surface area contributed by atoms with Crippen LogP contribution in [-0.4, -0.2) is 67.8 Å². The molecular weight excluding hydrogens is 352 g/mol. The van der Waals surface area contributed by atoms with Crippen LogP contribution in [0.4, 0.5) is 11.8 Å². The Hall–Kier alpha value is -1.97. The van der Waals surface area contributed by atoms with Gasteiger partial charge in [0.1, 0.15) is 11.0 Å². The Morgan fingerprint density at radius 1 is 1.15 bits per heavy atom. The molecule has 26 heavy (non-hydrogen) atoms. The SMILES string of the molecule is COCc1cc(CS)c2nc(N3C=NCC3)nc(N3CCOCC3)c2n1. The lowest BCUT2D eigenvalue weighted by atomic mass is 10.2. The predicted octanol–water partition coefficient (Wildman–Crippen LogP) is 1.29. The van der Waals surface area contributed by atoms with Crippen LogP contribution in [0.15, 0.2) is 11.1 Å². The van der Waals surface area contributed by atoms with Crippen LogP contribution in [-0.2, 0) is 21.8 Å². The first-order valence-electron chi connectivity index (χ1n) is 8.70. The number of anilines is 2. The highest BCUT2D eigenvalue weighted by atomic mass is 32.1. The first kappa shape index (κ1) is 17.4. The summed E-state index contributed by atoms with van der Waals surface area (Å²) in [4.78, 5) is 22.9. The lowest BCUT2D eigenvalue weighted by Gasteiger charge is -2.29. The summed E-state index contributed by atoms with van der Waals surface area (Å²) in [5.74, 6) is 2.07. The van der Waals surface area contributed by atoms with Crippen molar-refractivity contribution in [3.8, 4) is 0 Å². The zero-order valence-corrected chi connectivity index (χ0v) is 15.7. The van der Waals surface area contributed by atoms with Gasteiger partial charge in [0.05, 0.1) is 38.4 Å². The predicted molar refractivity (Wildman–Crippen MR) is 104 cm³/mol. The van der Waals surface area contributed by atoms with Crippen molar-refractivity contribution in [3.05, 3.63) is 17.3 Å². The molecule has 8 nitrogen and oxygen atoms in total. The second-order valence-corrected chi connectivity index (χ2v) is 6.54. The first-order valence-corrected chi connectivity index (χ1v) is 9.33. The van der Waals surface area contributed by atoms with Crippen LogP contribution in [0.1, 0.15) is 11.3 Å². The second-order valence-electron chi connectivity index (χ2n) is 6.22. The molecule has 0 aromatic carbocycles. The van der Waals surface area contributed by atoms with Crippen LogP contribution in [0, 0.1) is 0 Å². The molecule has 2 aliphatic heterocycles. The number of aliphatic imine (C=N–C) groups is 1. The molecule has 4 heterocycles. The van der Waals surface area contributed by atoms with E-state index in [9.17, 15) is 0 Å². The minimum Gasteiger partial charge on any atom is -0.378 e. The third kappa shape index (κ3) is 3.34. The fourth-order valence-corrected chi connectivity index (χ4v) is 3.44. The average Bonchev–Trinajstić information content (AvgIpc) is 3.22. The number of rotatable bonds is 5. The third-order valence-corrected chi connectivity index (χ3v) is 4.82. The fourth-order valence-electron chi connectivity index (χ4n) is 3.20. The molecule has 1 fully saturated rings. The summed E-state index contributed by atoms with van der Waals surface area (Å²) in [5.41, 5.74) is 3.52. The summed E-state index contributed by atoms with van der Waals surface area (Å²) in [6, 6.07) is 2.01. The molecule has 0 atom stereocenters. The molecule has 2 aliphatic rings. The molecule has 0 aliphatic carbocycles. The number of morpholine rings is 1. The van der Waals surface area contributed by atoms with Gasteiger partial charge in [0.25, 0.3) is 0 Å². The monoisotopic (exact) mass is 374 g/mol. The zero-order valence-electron chi connectivity index (χ0n) is 14.8. The van der Waals surface area contributed by atoms with Crippen molar-refractivity contribution in [1.29, 1.82) is 0 Å². The van der Waals surface area contributed by atoms with Crippen LogP contribution in [0.5, 0.6) is 0 Å². The lowest BCUT2D eigenvalue weighted by molar-refractivity contribution is 0.122. The number of hydrogen-bond acceptors (Lipinski definition) is 9. The molecule has 0 bridgehead atoms. The molecule has 0 spiro atoms. The van der Waals surface area contributed by atoms with Crippen LogP contribution < -0.4 is 9.80 Å². The Morgan fingerprint density at radius 3 is 2.69 bits per heavy atom. The fraction of sp³-hybridized carbons (Fsp3) is 0.529. The zero-order chi connectivity index (χ0) is 17.9. The van der Waals surface area contributed by atoms with Gasteiger partial charge in [-0.05, 0) is 11.6 Å². The summed E-state index contributed by atoms with van der Waals surface area (Å²) < 4.78 is 10.8. The van der Waals surface area contributed by atoms with Crippen molar-refractivity contribution < 1.29 is 9.47 Å². The largest absolute Gasteiger partial charge is 0.378 e. The van der Waals surface area contributed by atoms with Gasteiger partial charge in [-0.25, -0.2) is 9.97 Å². The Balaban J connectivity index is 1.90. The van der Waals surface area contributed by atoms with Gasteiger partial charge in [0.2, 0.25) is 5.95 Å². The summed E-state index contributed by atoms with van der Waals surface area (Å²) in [6.07, 6.45) is 1.80. The van der Waals surface area contributed by atoms with E-state index in [-0.39, 0.29) is 0 Å². The number of aromatic nitrogens is 3. The number of nitrogens with zero attached hydrogens (tertiary/aromatic N) is 6. The molecule has 4 rings (SSSR count). The molecule has 0 radical (unpaired) electrons. The van der Waals surface area contributed by atoms with Crippen molar-refractivity contribution in [3.63, 3.8) is 0 Å². The Labute approximate surface area is 157 Å². The summed E-state index contributed by atoms with van der Waals surface area (Å²) in [6.45, 7) is 4.93. The van der Waals surface area contributed by atoms with Crippen molar-refractivity contribution in [2.24, 2.45) is 4.99 Å². The van der Waals surface area contributed by atoms with Crippen molar-refractivity contribution in [2.75, 3.05) is 56.3 Å². The van der Waals surface area contributed by atoms with Gasteiger partial charge >= 0.3 is 0 Å². The number of pyridine rings is 1. The third-order valence-electron chi connectivity index (χ3n) is 4.48. The molecule has 1 saturated heterocycles. The number of hydrogen-bond donors (Lipinski definition) is 1. The molecule has 0 amide bonds. The molecule has 9 heteroatoms. The quantitative estimate of drug-likeness (QED) is 0.790. The van der Waals surface area contributed by atoms with Crippen molar-refractivity contribution >= 4 is 41.8 Å². The highest BCUT2D eigenvalue weighted by Crippen LogP contribution is 2.29. The molecule has 2 aromatic heterocycles. The Kier molecular flexibility index (Phi) is 5.18. The highest BCUT2D eigenvalue weighted by Gasteiger charge is 2.23. The smallest absolute Gasteiger partial charge is 0.233 e. The van der Waals surface area contributed by atoms with E-state index >= 15 is 0 Å². The molecule has 2 aromatic rings. The average molecular weight is 374 g/mol. The van der Waals surface area contributed by atoms with E-state index in [1.807, 2.05) is 11.0 Å². The van der Waals surface area contributed by atoms with Gasteiger partial charge < -0.3 is 14.4 Å². The van der Waals surface area contributed by atoms with Crippen LogP contribution in [0.25, 0.3) is 11.0 Å². The van der Waals surface area contributed by atoms with Crippen molar-refractivity contribution in [2.45, 2.75) is 12.4 Å². The molecule has 0 N–H and O–H groups in total. The second kappa shape index (κ2) is 7.73. The van der Waals surface area contributed by atoms with Gasteiger partial charge in [-0.2, -0.15) is 17.6 Å². The topological polar surface area (TPSA) is 76.0 Å². The standard InChI is InChI=1S/C17H22N6O2S/c1-24-9-13-8-12(10-26)14-15(19-13)16(22-4-6-25-7-5-22)21-17(20-14)23-3-2-18-11-23/h8,11,26H,2-7,9-10H2,1H3. The highest BCUT2D eigenvalue weighted by molar-refractivity contribution is 7.79. The number of thiol groups is 1. The van der Waals surface area contributed by atoms with Gasteiger partial charge in [-0.1, -0.05) is 0 Å². The lowest BCUT2D eigenvalue weighted by Crippen LogP contribution is -2.37. The van der Waals surface area contributed by atoms with Gasteiger partial charge in [0, 0.05) is 32.5 Å². The summed E-state index contributed by atoms with van der Waals surface area (Å²) >= 11 is 4.50. The molecular formula is C17H22N6O2S. The van der Waals surface area contributed by atoms with Gasteiger partial charge in [0.15, 0.2) is 5.82 Å². The van der Waals surface area contributed by atoms with Crippen molar-refractivity contribution in [1.82, 2.24) is 15.0 Å². The van der Waals surface area contributed by atoms with Crippen LogP contribution in [0.3, 0.4) is 0 Å². The van der Waals surface area contributed by atoms with E-state index in [1.54, 1.807) is 13.4 Å². The van der Waals surface area contributed by atoms with E-state index < -0.39 is 0 Å². The Bertz CT molecular complexity index is 824. The molecule has 138 valence electrons. The van der Waals surface area contributed by atoms with Crippen LogP contribution >= 0.6 is 12.6 Å². The Morgan fingerprint density at radius 2 is 2.00 bits per heavy atom. The maximum atomic E-state index is 5.50. The van der Waals surface area contributed by atoms with E-state index in [4.69, 9.17) is 24.4 Å². The van der Waals surface area contributed by atoms with E-state index in [1.165, 1.54) is 0 Å². The minimum absolute atomic E-state index is 0.444. The number of methoxy groups -OCH3 is 1. The van der Waals surface area contributed by atoms with E-state index in [0.29, 0.717) is 31.5 Å². The minimum atomic E-state index is 0.444. The maximum Gasteiger partial charge on any atom is 0.233 e. The number of ether oxygens (including phenoxy) is 2. The summed E-state index contributed by atoms with van der Waals surface area (Å²) in [5, 5.41) is 0. The maximum absolute atomic E-state index is 5.50. The normalized spacial score (nSPS) is 17.5. The van der Waals surface area contributed by atoms with E-state index in [0.717, 1.165) is 54.3 Å². The van der Waals surface area contributed by atoms with Gasteiger partial charge in [-0.15, -0.1) is 0 Å². The number of fused-ring (bicyclic) bond motifs is 1. The molecule has 0 saturated carbocycles. The first-order chi connectivity index (χ1) is 12.8. The van der Waals surface area contributed by atoms with Crippen LogP contribution in [0.2, 0.25) is 0 Å². The molecule has 0 unspecified atom stereocenters. The van der Waals surface area contributed by atoms with Gasteiger partial charge in [-0.3, -0.25) is 9.89 Å². The van der Waals surface area contributed by atoms with E-state index in [2.05, 4.69) is 22.5 Å². The summed E-state index contributed by atoms with van der Waals surface area (Å²) in [7, 11) is 1.67.